The van der Waals surface area contributed by atoms with E-state index in [1.165, 1.54) is 0 Å². The van der Waals surface area contributed by atoms with Gasteiger partial charge in [-0.1, -0.05) is 26.2 Å². The highest BCUT2D eigenvalue weighted by molar-refractivity contribution is 5.76. The van der Waals surface area contributed by atoms with Crippen LogP contribution in [0.1, 0.15) is 51.9 Å². The molecule has 110 valence electrons. The van der Waals surface area contributed by atoms with Gasteiger partial charge in [-0.15, -0.1) is 0 Å². The Kier molecular flexibility index (Phi) is 6.62. The molecule has 0 radical (unpaired) electrons. The molecule has 3 unspecified atom stereocenters. The second-order valence-electron chi connectivity index (χ2n) is 5.16. The summed E-state index contributed by atoms with van der Waals surface area (Å²) in [6.45, 7) is 1.94. The molecule has 0 aromatic carbocycles. The number of hydrogen-bond acceptors (Lipinski definition) is 3. The number of carbonyl (C=O) groups is 2. The zero-order valence-corrected chi connectivity index (χ0v) is 11.4. The summed E-state index contributed by atoms with van der Waals surface area (Å²) < 4.78 is 0. The number of rotatable bonds is 6. The van der Waals surface area contributed by atoms with E-state index in [4.69, 9.17) is 5.11 Å². The van der Waals surface area contributed by atoms with Crippen molar-refractivity contribution in [3.63, 3.8) is 0 Å². The van der Waals surface area contributed by atoms with Gasteiger partial charge in [0.25, 0.3) is 0 Å². The maximum absolute atomic E-state index is 11.8. The highest BCUT2D eigenvalue weighted by atomic mass is 16.4. The average Bonchev–Trinajstić information content (AvgIpc) is 2.31. The fourth-order valence-corrected chi connectivity index (χ4v) is 2.46. The molecule has 1 aliphatic carbocycles. The standard InChI is InChI=1S/C13H24N2O4/c1-2-5-9(8-12(17)18)14-13(19)15-10-6-3-4-7-11(10)16/h9-11,16H,2-8H2,1H3,(H,17,18)(H2,14,15,19). The first kappa shape index (κ1) is 15.8. The first-order chi connectivity index (χ1) is 9.02. The first-order valence-electron chi connectivity index (χ1n) is 6.99. The minimum Gasteiger partial charge on any atom is -0.481 e. The number of amides is 2. The number of carboxylic acid groups (broad SMARTS) is 1. The van der Waals surface area contributed by atoms with Gasteiger partial charge in [-0.3, -0.25) is 4.79 Å². The Hall–Kier alpha value is -1.30. The van der Waals surface area contributed by atoms with Crippen molar-refractivity contribution >= 4 is 12.0 Å². The van der Waals surface area contributed by atoms with E-state index in [0.717, 1.165) is 25.7 Å². The third kappa shape index (κ3) is 5.92. The van der Waals surface area contributed by atoms with Crippen LogP contribution in [0.5, 0.6) is 0 Å². The molecule has 6 heteroatoms. The number of hydrogen-bond donors (Lipinski definition) is 4. The molecule has 1 fully saturated rings. The maximum Gasteiger partial charge on any atom is 0.315 e. The Morgan fingerprint density at radius 3 is 2.58 bits per heavy atom. The zero-order valence-electron chi connectivity index (χ0n) is 11.4. The fourth-order valence-electron chi connectivity index (χ4n) is 2.46. The molecular weight excluding hydrogens is 248 g/mol. The van der Waals surface area contributed by atoms with Crippen molar-refractivity contribution in [2.24, 2.45) is 0 Å². The van der Waals surface area contributed by atoms with Crippen LogP contribution in [-0.4, -0.2) is 40.4 Å². The molecular formula is C13H24N2O4. The Balaban J connectivity index is 2.40. The SMILES string of the molecule is CCCC(CC(=O)O)NC(=O)NC1CCCCC1O. The summed E-state index contributed by atoms with van der Waals surface area (Å²) in [6.07, 6.45) is 4.33. The van der Waals surface area contributed by atoms with E-state index in [1.807, 2.05) is 6.92 Å². The number of aliphatic hydroxyl groups excluding tert-OH is 1. The van der Waals surface area contributed by atoms with Gasteiger partial charge in [-0.2, -0.15) is 0 Å². The lowest BCUT2D eigenvalue weighted by Crippen LogP contribution is -2.51. The van der Waals surface area contributed by atoms with Gasteiger partial charge in [0.05, 0.1) is 18.6 Å². The molecule has 0 saturated heterocycles. The van der Waals surface area contributed by atoms with Crippen molar-refractivity contribution in [1.82, 2.24) is 10.6 Å². The third-order valence-corrected chi connectivity index (χ3v) is 3.44. The van der Waals surface area contributed by atoms with Crippen molar-refractivity contribution < 1.29 is 19.8 Å². The van der Waals surface area contributed by atoms with Crippen molar-refractivity contribution in [2.45, 2.75) is 70.1 Å². The van der Waals surface area contributed by atoms with Crippen LogP contribution in [0.25, 0.3) is 0 Å². The number of aliphatic hydroxyl groups is 1. The van der Waals surface area contributed by atoms with E-state index in [1.54, 1.807) is 0 Å². The summed E-state index contributed by atoms with van der Waals surface area (Å²) in [4.78, 5) is 22.5. The van der Waals surface area contributed by atoms with Gasteiger partial charge in [0.1, 0.15) is 0 Å². The predicted octanol–water partition coefficient (Wildman–Crippen LogP) is 1.23. The van der Waals surface area contributed by atoms with Crippen LogP contribution >= 0.6 is 0 Å². The fraction of sp³-hybridized carbons (Fsp3) is 0.846. The van der Waals surface area contributed by atoms with Gasteiger partial charge in [-0.05, 0) is 19.3 Å². The number of nitrogens with one attached hydrogen (secondary N) is 2. The predicted molar refractivity (Wildman–Crippen MR) is 70.9 cm³/mol. The van der Waals surface area contributed by atoms with Crippen LogP contribution in [0.4, 0.5) is 4.79 Å². The molecule has 1 aliphatic rings. The minimum absolute atomic E-state index is 0.0749. The molecule has 6 nitrogen and oxygen atoms in total. The minimum atomic E-state index is -0.920. The van der Waals surface area contributed by atoms with E-state index >= 15 is 0 Å². The molecule has 4 N–H and O–H groups in total. The van der Waals surface area contributed by atoms with Crippen molar-refractivity contribution in [3.8, 4) is 0 Å². The van der Waals surface area contributed by atoms with Gasteiger partial charge < -0.3 is 20.8 Å². The van der Waals surface area contributed by atoms with Crippen LogP contribution in [0.15, 0.2) is 0 Å². The molecule has 2 amide bonds. The van der Waals surface area contributed by atoms with E-state index in [9.17, 15) is 14.7 Å². The lowest BCUT2D eigenvalue weighted by molar-refractivity contribution is -0.137. The Morgan fingerprint density at radius 2 is 2.00 bits per heavy atom. The molecule has 0 heterocycles. The van der Waals surface area contributed by atoms with Gasteiger partial charge in [0, 0.05) is 6.04 Å². The smallest absolute Gasteiger partial charge is 0.315 e. The number of carboxylic acids is 1. The van der Waals surface area contributed by atoms with Crippen LogP contribution in [-0.2, 0) is 4.79 Å². The molecule has 1 rings (SSSR count). The number of urea groups is 1. The summed E-state index contributed by atoms with van der Waals surface area (Å²) in [5.74, 6) is -0.920. The van der Waals surface area contributed by atoms with Crippen molar-refractivity contribution in [1.29, 1.82) is 0 Å². The normalized spacial score (nSPS) is 24.5. The molecule has 0 aromatic rings. The third-order valence-electron chi connectivity index (χ3n) is 3.44. The highest BCUT2D eigenvalue weighted by Gasteiger charge is 2.25. The van der Waals surface area contributed by atoms with Crippen LogP contribution in [0, 0.1) is 0 Å². The van der Waals surface area contributed by atoms with Crippen LogP contribution in [0.2, 0.25) is 0 Å². The Morgan fingerprint density at radius 1 is 1.32 bits per heavy atom. The monoisotopic (exact) mass is 272 g/mol. The number of aliphatic carboxylic acids is 1. The molecule has 1 saturated carbocycles. The average molecular weight is 272 g/mol. The second kappa shape index (κ2) is 7.99. The van der Waals surface area contributed by atoms with Crippen LogP contribution < -0.4 is 10.6 Å². The summed E-state index contributed by atoms with van der Waals surface area (Å²) in [5, 5.41) is 24.0. The maximum atomic E-state index is 11.8. The second-order valence-corrected chi connectivity index (χ2v) is 5.16. The quantitative estimate of drug-likeness (QED) is 0.584. The first-order valence-corrected chi connectivity index (χ1v) is 6.99. The lowest BCUT2D eigenvalue weighted by Gasteiger charge is -2.29. The Bertz CT molecular complexity index is 309. The van der Waals surface area contributed by atoms with E-state index < -0.39 is 12.1 Å². The largest absolute Gasteiger partial charge is 0.481 e. The number of carbonyl (C=O) groups excluding carboxylic acids is 1. The topological polar surface area (TPSA) is 98.7 Å². The molecule has 0 aromatic heterocycles. The summed E-state index contributed by atoms with van der Waals surface area (Å²) in [6, 6.07) is -0.963. The Labute approximate surface area is 113 Å². The van der Waals surface area contributed by atoms with Gasteiger partial charge in [0.15, 0.2) is 0 Å². The van der Waals surface area contributed by atoms with Gasteiger partial charge in [0.2, 0.25) is 0 Å². The van der Waals surface area contributed by atoms with E-state index in [2.05, 4.69) is 10.6 Å². The highest BCUT2D eigenvalue weighted by Crippen LogP contribution is 2.18. The van der Waals surface area contributed by atoms with E-state index in [0.29, 0.717) is 12.8 Å². The molecule has 0 aliphatic heterocycles. The summed E-state index contributed by atoms with van der Waals surface area (Å²) in [7, 11) is 0. The lowest BCUT2D eigenvalue weighted by atomic mass is 9.93. The van der Waals surface area contributed by atoms with Gasteiger partial charge in [-0.25, -0.2) is 4.79 Å². The molecule has 19 heavy (non-hydrogen) atoms. The molecule has 0 spiro atoms. The van der Waals surface area contributed by atoms with Gasteiger partial charge >= 0.3 is 12.0 Å². The van der Waals surface area contributed by atoms with Crippen molar-refractivity contribution in [3.05, 3.63) is 0 Å². The van der Waals surface area contributed by atoms with E-state index in [-0.39, 0.29) is 24.5 Å². The van der Waals surface area contributed by atoms with Crippen LogP contribution in [0.3, 0.4) is 0 Å². The van der Waals surface area contributed by atoms with Crippen molar-refractivity contribution in [2.75, 3.05) is 0 Å². The molecule has 3 atom stereocenters. The summed E-state index contributed by atoms with van der Waals surface area (Å²) in [5.41, 5.74) is 0. The zero-order chi connectivity index (χ0) is 14.3. The molecule has 0 bridgehead atoms. The summed E-state index contributed by atoms with van der Waals surface area (Å²) >= 11 is 0.